The summed E-state index contributed by atoms with van der Waals surface area (Å²) >= 11 is 0. The highest BCUT2D eigenvalue weighted by atomic mass is 16.6. The van der Waals surface area contributed by atoms with Crippen molar-refractivity contribution in [3.8, 4) is 0 Å². The van der Waals surface area contributed by atoms with E-state index >= 15 is 0 Å². The summed E-state index contributed by atoms with van der Waals surface area (Å²) in [6, 6.07) is -3.80. The largest absolute Gasteiger partial charge is 0.481 e. The molecule has 0 aromatic rings. The summed E-state index contributed by atoms with van der Waals surface area (Å²) in [6.07, 6.45) is -1.61. The number of carbonyl (C=O) groups excluding carboxylic acids is 3. The molecule has 0 radical (unpaired) electrons. The molecular weight excluding hydrogens is 398 g/mol. The van der Waals surface area contributed by atoms with Crippen LogP contribution in [0.1, 0.15) is 54.9 Å². The zero-order chi connectivity index (χ0) is 23.8. The van der Waals surface area contributed by atoms with Gasteiger partial charge in [-0.3, -0.25) is 14.4 Å². The zero-order valence-electron chi connectivity index (χ0n) is 18.4. The molecule has 30 heavy (non-hydrogen) atoms. The number of aliphatic carboxylic acids is 2. The predicted molar refractivity (Wildman–Crippen MR) is 107 cm³/mol. The lowest BCUT2D eigenvalue weighted by Crippen LogP contribution is -2.58. The summed E-state index contributed by atoms with van der Waals surface area (Å²) in [5.74, 6) is -5.18. The lowest BCUT2D eigenvalue weighted by atomic mass is 9.99. The zero-order valence-corrected chi connectivity index (χ0v) is 18.4. The number of rotatable bonds is 10. The Bertz CT molecular complexity index is 655. The van der Waals surface area contributed by atoms with Gasteiger partial charge in [-0.1, -0.05) is 27.7 Å². The fraction of sp³-hybridized carbons (Fsp3) is 0.737. The van der Waals surface area contributed by atoms with E-state index in [1.807, 2.05) is 0 Å². The van der Waals surface area contributed by atoms with Crippen molar-refractivity contribution in [2.45, 2.75) is 78.6 Å². The van der Waals surface area contributed by atoms with Crippen LogP contribution in [-0.4, -0.2) is 63.8 Å². The maximum atomic E-state index is 12.7. The predicted octanol–water partition coefficient (Wildman–Crippen LogP) is 0.721. The van der Waals surface area contributed by atoms with E-state index in [2.05, 4.69) is 16.0 Å². The normalized spacial score (nSPS) is 14.4. The molecule has 3 unspecified atom stereocenters. The lowest BCUT2D eigenvalue weighted by molar-refractivity contribution is -0.147. The van der Waals surface area contributed by atoms with E-state index in [0.717, 1.165) is 0 Å². The van der Waals surface area contributed by atoms with Crippen LogP contribution in [-0.2, 0) is 23.9 Å². The molecule has 0 aliphatic carbocycles. The Balaban J connectivity index is 5.34. The van der Waals surface area contributed by atoms with Crippen molar-refractivity contribution in [2.24, 2.45) is 11.8 Å². The van der Waals surface area contributed by atoms with Crippen molar-refractivity contribution < 1.29 is 38.9 Å². The fourth-order valence-electron chi connectivity index (χ4n) is 2.38. The summed E-state index contributed by atoms with van der Waals surface area (Å²) in [5.41, 5.74) is -0.765. The SMILES string of the molecule is CC(C)C(NC(=O)OC(C)(C)C)C(=O)NC(C(=O)NC(CC(=O)O)C(=O)O)C(C)C. The molecule has 0 saturated heterocycles. The Morgan fingerprint density at radius 2 is 1.23 bits per heavy atom. The van der Waals surface area contributed by atoms with Crippen molar-refractivity contribution >= 4 is 29.8 Å². The van der Waals surface area contributed by atoms with Gasteiger partial charge in [0.1, 0.15) is 23.7 Å². The maximum absolute atomic E-state index is 12.7. The molecule has 3 atom stereocenters. The van der Waals surface area contributed by atoms with Crippen LogP contribution in [0.15, 0.2) is 0 Å². The van der Waals surface area contributed by atoms with Gasteiger partial charge in [0.15, 0.2) is 0 Å². The summed E-state index contributed by atoms with van der Waals surface area (Å²) in [5, 5.41) is 25.0. The van der Waals surface area contributed by atoms with Crippen LogP contribution >= 0.6 is 0 Å². The first kappa shape index (κ1) is 27.1. The van der Waals surface area contributed by atoms with Gasteiger partial charge in [-0.25, -0.2) is 9.59 Å². The van der Waals surface area contributed by atoms with E-state index < -0.39 is 65.9 Å². The van der Waals surface area contributed by atoms with Crippen LogP contribution in [0.4, 0.5) is 4.79 Å². The van der Waals surface area contributed by atoms with Gasteiger partial charge in [0.05, 0.1) is 6.42 Å². The topological polar surface area (TPSA) is 171 Å². The molecule has 3 amide bonds. The molecule has 0 aliphatic rings. The maximum Gasteiger partial charge on any atom is 0.408 e. The molecule has 0 bridgehead atoms. The summed E-state index contributed by atoms with van der Waals surface area (Å²) < 4.78 is 5.15. The Labute approximate surface area is 175 Å². The summed E-state index contributed by atoms with van der Waals surface area (Å²) in [6.45, 7) is 11.7. The van der Waals surface area contributed by atoms with Crippen molar-refractivity contribution in [2.75, 3.05) is 0 Å². The average molecular weight is 431 g/mol. The summed E-state index contributed by atoms with van der Waals surface area (Å²) in [7, 11) is 0. The van der Waals surface area contributed by atoms with Gasteiger partial charge in [0, 0.05) is 0 Å². The Morgan fingerprint density at radius 1 is 0.800 bits per heavy atom. The number of carbonyl (C=O) groups is 5. The van der Waals surface area contributed by atoms with E-state index in [0.29, 0.717) is 0 Å². The van der Waals surface area contributed by atoms with Crippen molar-refractivity contribution in [3.63, 3.8) is 0 Å². The number of amides is 3. The van der Waals surface area contributed by atoms with E-state index in [1.54, 1.807) is 48.5 Å². The Morgan fingerprint density at radius 3 is 1.60 bits per heavy atom. The molecular formula is C19H33N3O8. The Kier molecular flexibility index (Phi) is 10.3. The van der Waals surface area contributed by atoms with Crippen LogP contribution < -0.4 is 16.0 Å². The highest BCUT2D eigenvalue weighted by molar-refractivity contribution is 5.93. The second kappa shape index (κ2) is 11.4. The van der Waals surface area contributed by atoms with Crippen LogP contribution in [0.25, 0.3) is 0 Å². The van der Waals surface area contributed by atoms with Gasteiger partial charge in [0.2, 0.25) is 11.8 Å². The highest BCUT2D eigenvalue weighted by Crippen LogP contribution is 2.10. The third-order valence-electron chi connectivity index (χ3n) is 3.86. The van der Waals surface area contributed by atoms with Gasteiger partial charge < -0.3 is 30.9 Å². The average Bonchev–Trinajstić information content (AvgIpc) is 2.53. The van der Waals surface area contributed by atoms with Gasteiger partial charge in [-0.15, -0.1) is 0 Å². The minimum atomic E-state index is -1.64. The first-order chi connectivity index (χ1) is 13.5. The van der Waals surface area contributed by atoms with Crippen LogP contribution in [0.5, 0.6) is 0 Å². The second-order valence-corrected chi connectivity index (χ2v) is 8.60. The van der Waals surface area contributed by atoms with E-state index in [9.17, 15) is 24.0 Å². The lowest BCUT2D eigenvalue weighted by Gasteiger charge is -2.28. The number of carboxylic acid groups (broad SMARTS) is 2. The number of hydrogen-bond acceptors (Lipinski definition) is 6. The van der Waals surface area contributed by atoms with E-state index in [4.69, 9.17) is 14.9 Å². The number of nitrogens with one attached hydrogen (secondary N) is 3. The number of ether oxygens (including phenoxy) is 1. The van der Waals surface area contributed by atoms with E-state index in [-0.39, 0.29) is 5.92 Å². The smallest absolute Gasteiger partial charge is 0.408 e. The van der Waals surface area contributed by atoms with Crippen LogP contribution in [0.3, 0.4) is 0 Å². The second-order valence-electron chi connectivity index (χ2n) is 8.60. The third-order valence-corrected chi connectivity index (χ3v) is 3.86. The molecule has 5 N–H and O–H groups in total. The monoisotopic (exact) mass is 431 g/mol. The quantitative estimate of drug-likeness (QED) is 0.337. The van der Waals surface area contributed by atoms with E-state index in [1.165, 1.54) is 0 Å². The van der Waals surface area contributed by atoms with Gasteiger partial charge in [-0.05, 0) is 32.6 Å². The van der Waals surface area contributed by atoms with Gasteiger partial charge in [-0.2, -0.15) is 0 Å². The third kappa shape index (κ3) is 10.1. The first-order valence-electron chi connectivity index (χ1n) is 9.60. The van der Waals surface area contributed by atoms with Crippen molar-refractivity contribution in [1.82, 2.24) is 16.0 Å². The molecule has 0 aliphatic heterocycles. The minimum absolute atomic E-state index is 0.341. The van der Waals surface area contributed by atoms with Crippen molar-refractivity contribution in [3.05, 3.63) is 0 Å². The molecule has 11 heteroatoms. The molecule has 0 spiro atoms. The minimum Gasteiger partial charge on any atom is -0.481 e. The highest BCUT2D eigenvalue weighted by Gasteiger charge is 2.33. The van der Waals surface area contributed by atoms with Crippen LogP contribution in [0.2, 0.25) is 0 Å². The molecule has 0 saturated carbocycles. The molecule has 0 fully saturated rings. The molecule has 11 nitrogen and oxygen atoms in total. The Hall–Kier alpha value is -2.85. The van der Waals surface area contributed by atoms with Crippen molar-refractivity contribution in [1.29, 1.82) is 0 Å². The molecule has 0 aromatic carbocycles. The fourth-order valence-corrected chi connectivity index (χ4v) is 2.38. The molecule has 0 heterocycles. The number of carboxylic acids is 2. The standard InChI is InChI=1S/C19H33N3O8/c1-9(2)13(15(25)20-11(17(27)28)8-12(23)24)21-16(26)14(10(3)4)22-18(29)30-19(5,6)7/h9-11,13-14H,8H2,1-7H3,(H,20,25)(H,21,26)(H,22,29)(H,23,24)(H,27,28). The van der Waals surface area contributed by atoms with Crippen LogP contribution in [0, 0.1) is 11.8 Å². The number of hydrogen-bond donors (Lipinski definition) is 5. The summed E-state index contributed by atoms with van der Waals surface area (Å²) in [4.78, 5) is 59.3. The van der Waals surface area contributed by atoms with Gasteiger partial charge in [0.25, 0.3) is 0 Å². The molecule has 0 aromatic heterocycles. The molecule has 0 rings (SSSR count). The first-order valence-corrected chi connectivity index (χ1v) is 9.60. The molecule has 172 valence electrons. The van der Waals surface area contributed by atoms with Gasteiger partial charge >= 0.3 is 18.0 Å². The number of alkyl carbamates (subject to hydrolysis) is 1.